The highest BCUT2D eigenvalue weighted by atomic mass is 32.1. The molecule has 0 bridgehead atoms. The lowest BCUT2D eigenvalue weighted by Gasteiger charge is -2.11. The number of thiazole rings is 1. The molecule has 0 saturated carbocycles. The Balaban J connectivity index is 1.47. The minimum atomic E-state index is -0.190. The van der Waals surface area contributed by atoms with E-state index in [9.17, 15) is 4.79 Å². The molecule has 0 saturated heterocycles. The lowest BCUT2D eigenvalue weighted by atomic mass is 10.1. The maximum absolute atomic E-state index is 12.8. The fourth-order valence-corrected chi connectivity index (χ4v) is 4.47. The van der Waals surface area contributed by atoms with Crippen LogP contribution in [0.2, 0.25) is 0 Å². The summed E-state index contributed by atoms with van der Waals surface area (Å²) in [5.74, 6) is 1.89. The second-order valence-corrected chi connectivity index (χ2v) is 8.82. The SMILES string of the molecule is CCCCCCCCOc1ccc(C=c2sc3nc(-c4ccncc4)nn3c2=O)cc1OC. The van der Waals surface area contributed by atoms with Crippen LogP contribution in [0.15, 0.2) is 47.5 Å². The van der Waals surface area contributed by atoms with Gasteiger partial charge in [-0.3, -0.25) is 9.78 Å². The van der Waals surface area contributed by atoms with Gasteiger partial charge in [-0.25, -0.2) is 0 Å². The summed E-state index contributed by atoms with van der Waals surface area (Å²) < 4.78 is 13.4. The molecule has 0 N–H and O–H groups in total. The average molecular weight is 465 g/mol. The van der Waals surface area contributed by atoms with Gasteiger partial charge < -0.3 is 9.47 Å². The van der Waals surface area contributed by atoms with Gasteiger partial charge >= 0.3 is 0 Å². The van der Waals surface area contributed by atoms with Crippen LogP contribution in [0.5, 0.6) is 11.5 Å². The molecule has 0 unspecified atom stereocenters. The molecule has 0 spiro atoms. The van der Waals surface area contributed by atoms with E-state index in [0.29, 0.717) is 27.7 Å². The standard InChI is InChI=1S/C25H28N4O3S/c1-3-4-5-6-7-8-15-32-20-10-9-18(16-21(20)31-2)17-22-24(30)29-25(33-22)27-23(28-29)19-11-13-26-14-12-19/h9-14,16-17H,3-8,15H2,1-2H3. The summed E-state index contributed by atoms with van der Waals surface area (Å²) in [5.41, 5.74) is 1.49. The quantitative estimate of drug-likeness (QED) is 0.304. The average Bonchev–Trinajstić information content (AvgIpc) is 3.39. The fraction of sp³-hybridized carbons (Fsp3) is 0.360. The zero-order chi connectivity index (χ0) is 23.0. The number of aromatic nitrogens is 4. The van der Waals surface area contributed by atoms with Crippen LogP contribution in [0.4, 0.5) is 0 Å². The first-order valence-corrected chi connectivity index (χ1v) is 12.1. The van der Waals surface area contributed by atoms with E-state index in [1.807, 2.05) is 36.4 Å². The van der Waals surface area contributed by atoms with E-state index in [1.165, 1.54) is 48.0 Å². The van der Waals surface area contributed by atoms with Gasteiger partial charge in [-0.2, -0.15) is 9.50 Å². The molecule has 0 fully saturated rings. The molecule has 0 atom stereocenters. The van der Waals surface area contributed by atoms with E-state index in [0.717, 1.165) is 23.3 Å². The van der Waals surface area contributed by atoms with Crippen LogP contribution in [-0.4, -0.2) is 33.3 Å². The third-order valence-electron chi connectivity index (χ3n) is 5.36. The number of hydrogen-bond donors (Lipinski definition) is 0. The summed E-state index contributed by atoms with van der Waals surface area (Å²) in [5, 5.41) is 4.37. The Labute approximate surface area is 196 Å². The first kappa shape index (κ1) is 22.9. The largest absolute Gasteiger partial charge is 0.493 e. The Hall–Kier alpha value is -3.26. The first-order chi connectivity index (χ1) is 16.2. The molecule has 8 heteroatoms. The zero-order valence-corrected chi connectivity index (χ0v) is 19.8. The van der Waals surface area contributed by atoms with Crippen molar-refractivity contribution in [1.82, 2.24) is 19.6 Å². The van der Waals surface area contributed by atoms with Crippen LogP contribution in [0.25, 0.3) is 22.4 Å². The molecule has 4 aromatic rings. The molecule has 0 radical (unpaired) electrons. The maximum Gasteiger partial charge on any atom is 0.291 e. The van der Waals surface area contributed by atoms with E-state index in [4.69, 9.17) is 9.47 Å². The van der Waals surface area contributed by atoms with E-state index in [-0.39, 0.29) is 5.56 Å². The van der Waals surface area contributed by atoms with Crippen molar-refractivity contribution in [2.24, 2.45) is 0 Å². The molecular formula is C25H28N4O3S. The molecule has 3 heterocycles. The second kappa shape index (κ2) is 11.0. The lowest BCUT2D eigenvalue weighted by Crippen LogP contribution is -2.23. The van der Waals surface area contributed by atoms with Crippen molar-refractivity contribution < 1.29 is 9.47 Å². The van der Waals surface area contributed by atoms with Crippen LogP contribution >= 0.6 is 11.3 Å². The molecule has 4 rings (SSSR count). The van der Waals surface area contributed by atoms with Crippen LogP contribution in [0, 0.1) is 0 Å². The number of ether oxygens (including phenoxy) is 2. The van der Waals surface area contributed by atoms with Gasteiger partial charge in [0.25, 0.3) is 5.56 Å². The number of hydrogen-bond acceptors (Lipinski definition) is 7. The van der Waals surface area contributed by atoms with Crippen LogP contribution in [-0.2, 0) is 0 Å². The summed E-state index contributed by atoms with van der Waals surface area (Å²) >= 11 is 1.31. The normalized spacial score (nSPS) is 11.9. The Kier molecular flexibility index (Phi) is 7.67. The zero-order valence-electron chi connectivity index (χ0n) is 19.0. The summed E-state index contributed by atoms with van der Waals surface area (Å²) in [6.45, 7) is 2.89. The molecule has 3 aromatic heterocycles. The van der Waals surface area contributed by atoms with Crippen molar-refractivity contribution >= 4 is 22.4 Å². The molecular weight excluding hydrogens is 436 g/mol. The molecule has 1 aromatic carbocycles. The third-order valence-corrected chi connectivity index (χ3v) is 6.32. The second-order valence-electron chi connectivity index (χ2n) is 7.81. The van der Waals surface area contributed by atoms with Crippen LogP contribution < -0.4 is 19.6 Å². The molecule has 0 aliphatic rings. The highest BCUT2D eigenvalue weighted by Crippen LogP contribution is 2.28. The minimum Gasteiger partial charge on any atom is -0.493 e. The number of rotatable bonds is 11. The third kappa shape index (κ3) is 5.57. The van der Waals surface area contributed by atoms with Crippen molar-refractivity contribution in [3.63, 3.8) is 0 Å². The maximum atomic E-state index is 12.8. The molecule has 33 heavy (non-hydrogen) atoms. The smallest absolute Gasteiger partial charge is 0.291 e. The summed E-state index contributed by atoms with van der Waals surface area (Å²) in [7, 11) is 1.62. The summed E-state index contributed by atoms with van der Waals surface area (Å²) in [4.78, 5) is 21.9. The van der Waals surface area contributed by atoms with E-state index < -0.39 is 0 Å². The Morgan fingerprint density at radius 3 is 2.58 bits per heavy atom. The van der Waals surface area contributed by atoms with E-state index >= 15 is 0 Å². The Morgan fingerprint density at radius 1 is 1.03 bits per heavy atom. The van der Waals surface area contributed by atoms with Gasteiger partial charge in [-0.15, -0.1) is 5.10 Å². The summed E-state index contributed by atoms with van der Waals surface area (Å²) in [6, 6.07) is 9.34. The van der Waals surface area contributed by atoms with E-state index in [2.05, 4.69) is 22.0 Å². The van der Waals surface area contributed by atoms with Crippen LogP contribution in [0.1, 0.15) is 51.0 Å². The predicted octanol–water partition coefficient (Wildman–Crippen LogP) is 4.51. The van der Waals surface area contributed by atoms with Gasteiger partial charge in [0, 0.05) is 18.0 Å². The monoisotopic (exact) mass is 464 g/mol. The number of benzene rings is 1. The van der Waals surface area contributed by atoms with Gasteiger partial charge in [-0.1, -0.05) is 56.4 Å². The Morgan fingerprint density at radius 2 is 1.82 bits per heavy atom. The predicted molar refractivity (Wildman–Crippen MR) is 131 cm³/mol. The van der Waals surface area contributed by atoms with Gasteiger partial charge in [0.15, 0.2) is 17.3 Å². The van der Waals surface area contributed by atoms with Gasteiger partial charge in [0.2, 0.25) is 4.96 Å². The van der Waals surface area contributed by atoms with Crippen molar-refractivity contribution in [2.75, 3.05) is 13.7 Å². The van der Waals surface area contributed by atoms with Gasteiger partial charge in [0.1, 0.15) is 0 Å². The minimum absolute atomic E-state index is 0.190. The number of pyridine rings is 1. The van der Waals surface area contributed by atoms with E-state index in [1.54, 1.807) is 19.5 Å². The van der Waals surface area contributed by atoms with Gasteiger partial charge in [0.05, 0.1) is 18.2 Å². The number of nitrogens with zero attached hydrogens (tertiary/aromatic N) is 4. The van der Waals surface area contributed by atoms with Crippen molar-refractivity contribution in [3.8, 4) is 22.9 Å². The van der Waals surface area contributed by atoms with Crippen molar-refractivity contribution in [2.45, 2.75) is 45.4 Å². The molecule has 0 aliphatic heterocycles. The highest BCUT2D eigenvalue weighted by molar-refractivity contribution is 7.15. The molecule has 0 amide bonds. The topological polar surface area (TPSA) is 78.6 Å². The van der Waals surface area contributed by atoms with Crippen LogP contribution in [0.3, 0.4) is 0 Å². The van der Waals surface area contributed by atoms with Crippen molar-refractivity contribution in [1.29, 1.82) is 0 Å². The molecule has 0 aliphatic carbocycles. The highest BCUT2D eigenvalue weighted by Gasteiger charge is 2.12. The number of unbranched alkanes of at least 4 members (excludes halogenated alkanes) is 5. The number of fused-ring (bicyclic) bond motifs is 1. The first-order valence-electron chi connectivity index (χ1n) is 11.3. The van der Waals surface area contributed by atoms with Crippen molar-refractivity contribution in [3.05, 3.63) is 63.2 Å². The van der Waals surface area contributed by atoms with Gasteiger partial charge in [-0.05, 0) is 42.3 Å². The number of methoxy groups -OCH3 is 1. The molecule has 7 nitrogen and oxygen atoms in total. The molecule has 172 valence electrons. The lowest BCUT2D eigenvalue weighted by molar-refractivity contribution is 0.284. The fourth-order valence-electron chi connectivity index (χ4n) is 3.57. The summed E-state index contributed by atoms with van der Waals surface area (Å²) in [6.07, 6.45) is 12.5. The Bertz CT molecular complexity index is 1300.